The quantitative estimate of drug-likeness (QED) is 0.283. The van der Waals surface area contributed by atoms with E-state index in [0.717, 1.165) is 27.2 Å². The van der Waals surface area contributed by atoms with Crippen LogP contribution in [0.2, 0.25) is 0 Å². The number of rotatable bonds is 4. The zero-order valence-electron chi connectivity index (χ0n) is 18.3. The molecule has 0 unspecified atom stereocenters. The number of carboxylic acid groups (broad SMARTS) is 2. The van der Waals surface area contributed by atoms with Crippen LogP contribution < -0.4 is 10.3 Å². The Hall–Kier alpha value is -4.65. The number of anilines is 1. The van der Waals surface area contributed by atoms with Gasteiger partial charge in [0, 0.05) is 47.6 Å². The van der Waals surface area contributed by atoms with Crippen LogP contribution in [-0.4, -0.2) is 36.2 Å². The van der Waals surface area contributed by atoms with Gasteiger partial charge in [0.25, 0.3) is 0 Å². The predicted molar refractivity (Wildman–Crippen MR) is 131 cm³/mol. The van der Waals surface area contributed by atoms with Crippen LogP contribution in [0.1, 0.15) is 20.7 Å². The number of carbonyl (C=O) groups is 2. The van der Waals surface area contributed by atoms with Crippen molar-refractivity contribution in [1.82, 2.24) is 0 Å². The van der Waals surface area contributed by atoms with E-state index in [1.165, 1.54) is 24.3 Å². The zero-order chi connectivity index (χ0) is 24.1. The molecule has 168 valence electrons. The normalized spacial score (nSPS) is 11.2. The van der Waals surface area contributed by atoms with Gasteiger partial charge in [-0.1, -0.05) is 12.1 Å². The van der Waals surface area contributed by atoms with E-state index in [4.69, 9.17) is 4.42 Å². The lowest BCUT2D eigenvalue weighted by Crippen LogP contribution is -2.08. The van der Waals surface area contributed by atoms with Crippen molar-refractivity contribution in [2.75, 3.05) is 19.0 Å². The van der Waals surface area contributed by atoms with E-state index in [0.29, 0.717) is 22.3 Å². The van der Waals surface area contributed by atoms with E-state index in [-0.39, 0.29) is 16.6 Å². The second kappa shape index (κ2) is 7.74. The Labute approximate surface area is 193 Å². The maximum atomic E-state index is 11.9. The van der Waals surface area contributed by atoms with Crippen LogP contribution in [0.25, 0.3) is 43.8 Å². The summed E-state index contributed by atoms with van der Waals surface area (Å²) in [5, 5.41) is 22.0. The van der Waals surface area contributed by atoms with Crippen LogP contribution in [0.3, 0.4) is 0 Å². The van der Waals surface area contributed by atoms with Gasteiger partial charge in [-0.15, -0.1) is 0 Å². The Kier molecular flexibility index (Phi) is 4.83. The molecule has 0 aliphatic heterocycles. The van der Waals surface area contributed by atoms with Crippen molar-refractivity contribution < 1.29 is 24.2 Å². The summed E-state index contributed by atoms with van der Waals surface area (Å²) in [6.07, 6.45) is 0. The summed E-state index contributed by atoms with van der Waals surface area (Å²) >= 11 is 0. The maximum Gasteiger partial charge on any atom is 0.336 e. The van der Waals surface area contributed by atoms with Gasteiger partial charge in [0.1, 0.15) is 11.2 Å². The minimum Gasteiger partial charge on any atom is -0.478 e. The molecule has 0 saturated carbocycles. The number of aromatic carboxylic acids is 2. The fourth-order valence-electron chi connectivity index (χ4n) is 4.30. The third-order valence-corrected chi connectivity index (χ3v) is 5.94. The first-order chi connectivity index (χ1) is 16.2. The molecule has 0 aliphatic rings. The summed E-state index contributed by atoms with van der Waals surface area (Å²) < 4.78 is 6.35. The number of hydrogen-bond donors (Lipinski definition) is 2. The molecule has 0 fully saturated rings. The van der Waals surface area contributed by atoms with Crippen molar-refractivity contribution >= 4 is 50.3 Å². The Morgan fingerprint density at radius 1 is 0.765 bits per heavy atom. The van der Waals surface area contributed by atoms with Crippen LogP contribution >= 0.6 is 0 Å². The number of carboxylic acids is 2. The van der Waals surface area contributed by atoms with Gasteiger partial charge >= 0.3 is 11.9 Å². The van der Waals surface area contributed by atoms with Crippen molar-refractivity contribution in [3.63, 3.8) is 0 Å². The summed E-state index contributed by atoms with van der Waals surface area (Å²) in [6, 6.07) is 18.4. The first kappa shape index (κ1) is 21.2. The van der Waals surface area contributed by atoms with Crippen molar-refractivity contribution in [3.05, 3.63) is 88.1 Å². The van der Waals surface area contributed by atoms with Gasteiger partial charge in [-0.05, 0) is 59.5 Å². The third-order valence-electron chi connectivity index (χ3n) is 5.94. The number of fused-ring (bicyclic) bond motifs is 4. The Morgan fingerprint density at radius 2 is 1.47 bits per heavy atom. The zero-order valence-corrected chi connectivity index (χ0v) is 18.3. The summed E-state index contributed by atoms with van der Waals surface area (Å²) in [6.45, 7) is 0. The van der Waals surface area contributed by atoms with Crippen LogP contribution in [-0.2, 0) is 0 Å². The Balaban J connectivity index is 1.95. The standard InChI is InChI=1S/C27H19NO6/c1-28(2)16-5-9-20-23(13-16)34-25-18-10-6-17(29)11-14(18)3-8-21(25)24(20)15-4-7-19(26(30)31)22(12-15)27(32)33/h3-13H,1-2H3,(H,30,31)(H,32,33). The lowest BCUT2D eigenvalue weighted by Gasteiger charge is -2.17. The third kappa shape index (κ3) is 3.34. The number of benzene rings is 4. The molecular formula is C27H19NO6. The van der Waals surface area contributed by atoms with Crippen molar-refractivity contribution in [2.24, 2.45) is 0 Å². The number of hydrogen-bond acceptors (Lipinski definition) is 5. The highest BCUT2D eigenvalue weighted by Gasteiger charge is 2.20. The van der Waals surface area contributed by atoms with Crippen molar-refractivity contribution in [3.8, 4) is 11.1 Å². The summed E-state index contributed by atoms with van der Waals surface area (Å²) in [5.41, 5.74) is 2.61. The molecule has 0 saturated heterocycles. The molecule has 4 aromatic carbocycles. The molecule has 5 aromatic rings. The Bertz CT molecular complexity index is 1710. The lowest BCUT2D eigenvalue weighted by atomic mass is 9.92. The molecule has 0 amide bonds. The molecule has 5 rings (SSSR count). The van der Waals surface area contributed by atoms with Gasteiger partial charge in [0.05, 0.1) is 11.1 Å². The monoisotopic (exact) mass is 453 g/mol. The largest absolute Gasteiger partial charge is 0.478 e. The molecule has 1 aromatic heterocycles. The fourth-order valence-corrected chi connectivity index (χ4v) is 4.30. The average molecular weight is 453 g/mol. The SMILES string of the molecule is CN(C)c1ccc2c(-c3ccc(C(=O)O)c(C(=O)O)c3)c3ccc4cc(=O)ccc4c3oc2c1. The molecule has 0 bridgehead atoms. The summed E-state index contributed by atoms with van der Waals surface area (Å²) in [5.74, 6) is -2.63. The highest BCUT2D eigenvalue weighted by atomic mass is 16.4. The van der Waals surface area contributed by atoms with Gasteiger partial charge in [-0.2, -0.15) is 0 Å². The molecule has 2 N–H and O–H groups in total. The summed E-state index contributed by atoms with van der Waals surface area (Å²) in [4.78, 5) is 37.2. The van der Waals surface area contributed by atoms with Crippen molar-refractivity contribution in [1.29, 1.82) is 0 Å². The molecule has 1 heterocycles. The lowest BCUT2D eigenvalue weighted by molar-refractivity contribution is 0.0651. The molecule has 0 aliphatic carbocycles. The summed E-state index contributed by atoms with van der Waals surface area (Å²) in [7, 11) is 3.83. The molecule has 7 heteroatoms. The first-order valence-corrected chi connectivity index (χ1v) is 10.5. The second-order valence-electron chi connectivity index (χ2n) is 8.25. The molecule has 0 atom stereocenters. The van der Waals surface area contributed by atoms with Crippen LogP contribution in [0, 0.1) is 0 Å². The smallest absolute Gasteiger partial charge is 0.336 e. The molecule has 7 nitrogen and oxygen atoms in total. The van der Waals surface area contributed by atoms with E-state index < -0.39 is 11.9 Å². The van der Waals surface area contributed by atoms with E-state index in [2.05, 4.69) is 0 Å². The van der Waals surface area contributed by atoms with Crippen LogP contribution in [0.15, 0.2) is 75.9 Å². The molecule has 0 spiro atoms. The topological polar surface area (TPSA) is 108 Å². The van der Waals surface area contributed by atoms with Gasteiger partial charge in [0.15, 0.2) is 5.43 Å². The first-order valence-electron chi connectivity index (χ1n) is 10.5. The highest BCUT2D eigenvalue weighted by molar-refractivity contribution is 6.16. The van der Waals surface area contributed by atoms with Crippen LogP contribution in [0.5, 0.6) is 0 Å². The van der Waals surface area contributed by atoms with Crippen molar-refractivity contribution in [2.45, 2.75) is 0 Å². The van der Waals surface area contributed by atoms with E-state index in [1.807, 2.05) is 49.3 Å². The highest BCUT2D eigenvalue weighted by Crippen LogP contribution is 2.40. The van der Waals surface area contributed by atoms with E-state index in [9.17, 15) is 24.6 Å². The van der Waals surface area contributed by atoms with E-state index >= 15 is 0 Å². The van der Waals surface area contributed by atoms with Crippen LogP contribution in [0.4, 0.5) is 5.69 Å². The Morgan fingerprint density at radius 3 is 2.18 bits per heavy atom. The van der Waals surface area contributed by atoms with Gasteiger partial charge < -0.3 is 19.5 Å². The predicted octanol–water partition coefficient (Wildman–Crippen LogP) is 5.23. The second-order valence-corrected chi connectivity index (χ2v) is 8.25. The average Bonchev–Trinajstić information content (AvgIpc) is 2.81. The van der Waals surface area contributed by atoms with Gasteiger partial charge in [0.2, 0.25) is 0 Å². The van der Waals surface area contributed by atoms with Gasteiger partial charge in [-0.25, -0.2) is 9.59 Å². The minimum atomic E-state index is -1.32. The molecule has 34 heavy (non-hydrogen) atoms. The maximum absolute atomic E-state index is 11.9. The van der Waals surface area contributed by atoms with E-state index in [1.54, 1.807) is 12.1 Å². The number of nitrogens with zero attached hydrogens (tertiary/aromatic N) is 1. The van der Waals surface area contributed by atoms with Gasteiger partial charge in [-0.3, -0.25) is 4.79 Å². The minimum absolute atomic E-state index is 0.113. The molecule has 0 radical (unpaired) electrons. The molecular weight excluding hydrogens is 434 g/mol. The fraction of sp³-hybridized carbons (Fsp3) is 0.0741.